The van der Waals surface area contributed by atoms with Gasteiger partial charge < -0.3 is 0 Å². The summed E-state index contributed by atoms with van der Waals surface area (Å²) in [5.74, 6) is 0.0476. The standard InChI is InChI=1S/C15H13NO/c1-15(2)11-5-3-4-6-13(11)16-14-8-7-10(17)9-12(14)15/h3-9H,1-2H3. The van der Waals surface area contributed by atoms with E-state index in [1.54, 1.807) is 12.2 Å². The molecule has 1 aromatic carbocycles. The summed E-state index contributed by atoms with van der Waals surface area (Å²) in [7, 11) is 0. The predicted molar refractivity (Wildman–Crippen MR) is 68.8 cm³/mol. The van der Waals surface area contributed by atoms with Gasteiger partial charge in [-0.25, -0.2) is 4.99 Å². The van der Waals surface area contributed by atoms with Crippen LogP contribution in [0.15, 0.2) is 53.1 Å². The molecular weight excluding hydrogens is 210 g/mol. The molecule has 17 heavy (non-hydrogen) atoms. The number of benzene rings is 1. The summed E-state index contributed by atoms with van der Waals surface area (Å²) in [6.07, 6.45) is 5.09. The molecule has 0 amide bonds. The third-order valence-electron chi connectivity index (χ3n) is 3.46. The molecule has 0 radical (unpaired) electrons. The fraction of sp³-hybridized carbons (Fsp3) is 0.200. The van der Waals surface area contributed by atoms with E-state index < -0.39 is 0 Å². The fourth-order valence-corrected chi connectivity index (χ4v) is 2.49. The number of aliphatic imine (C=N–C) groups is 1. The zero-order chi connectivity index (χ0) is 12.0. The first-order valence-electron chi connectivity index (χ1n) is 5.72. The molecule has 0 saturated carbocycles. The maximum Gasteiger partial charge on any atom is 0.179 e. The third-order valence-corrected chi connectivity index (χ3v) is 3.46. The van der Waals surface area contributed by atoms with Crippen LogP contribution in [0.1, 0.15) is 19.4 Å². The molecule has 1 aliphatic heterocycles. The van der Waals surface area contributed by atoms with Crippen molar-refractivity contribution in [1.82, 2.24) is 0 Å². The van der Waals surface area contributed by atoms with Gasteiger partial charge in [0, 0.05) is 5.41 Å². The molecule has 1 aromatic rings. The Hall–Kier alpha value is -1.96. The van der Waals surface area contributed by atoms with E-state index in [1.807, 2.05) is 24.3 Å². The van der Waals surface area contributed by atoms with Crippen LogP contribution in [0.2, 0.25) is 0 Å². The molecule has 0 bridgehead atoms. The summed E-state index contributed by atoms with van der Waals surface area (Å²) < 4.78 is 0. The first-order chi connectivity index (χ1) is 8.09. The monoisotopic (exact) mass is 223 g/mol. The number of carbonyl (C=O) groups excluding carboxylic acids is 1. The molecule has 84 valence electrons. The average Bonchev–Trinajstić information content (AvgIpc) is 2.31. The molecular formula is C15H13NO. The normalized spacial score (nSPS) is 20.2. The van der Waals surface area contributed by atoms with E-state index in [-0.39, 0.29) is 11.2 Å². The van der Waals surface area contributed by atoms with Crippen molar-refractivity contribution in [2.24, 2.45) is 4.99 Å². The van der Waals surface area contributed by atoms with Crippen molar-refractivity contribution in [2.75, 3.05) is 0 Å². The van der Waals surface area contributed by atoms with Gasteiger partial charge in [-0.1, -0.05) is 32.0 Å². The van der Waals surface area contributed by atoms with Crippen LogP contribution in [0.5, 0.6) is 0 Å². The number of fused-ring (bicyclic) bond motifs is 2. The Labute approximate surface area is 100 Å². The molecule has 0 saturated heterocycles. The second-order valence-corrected chi connectivity index (χ2v) is 4.93. The van der Waals surface area contributed by atoms with Gasteiger partial charge in [0.05, 0.1) is 11.4 Å². The zero-order valence-corrected chi connectivity index (χ0v) is 9.90. The highest BCUT2D eigenvalue weighted by molar-refractivity contribution is 6.22. The number of rotatable bonds is 0. The Balaban J connectivity index is 2.30. The molecule has 0 aromatic heterocycles. The first kappa shape index (κ1) is 10.2. The average molecular weight is 223 g/mol. The number of carbonyl (C=O) groups is 1. The van der Waals surface area contributed by atoms with Crippen LogP contribution in [0.25, 0.3) is 0 Å². The number of ketones is 1. The molecule has 1 heterocycles. The van der Waals surface area contributed by atoms with Gasteiger partial charge in [-0.2, -0.15) is 0 Å². The third kappa shape index (κ3) is 1.41. The Kier molecular flexibility index (Phi) is 1.96. The molecule has 2 nitrogen and oxygen atoms in total. The largest absolute Gasteiger partial charge is 0.290 e. The lowest BCUT2D eigenvalue weighted by molar-refractivity contribution is -0.110. The number of para-hydroxylation sites is 1. The fourth-order valence-electron chi connectivity index (χ4n) is 2.49. The number of allylic oxidation sites excluding steroid dienone is 4. The van der Waals surface area contributed by atoms with Gasteiger partial charge in [0.1, 0.15) is 0 Å². The lowest BCUT2D eigenvalue weighted by Crippen LogP contribution is -2.30. The summed E-state index contributed by atoms with van der Waals surface area (Å²) in [5, 5.41) is 0. The number of hydrogen-bond acceptors (Lipinski definition) is 2. The maximum atomic E-state index is 11.5. The van der Waals surface area contributed by atoms with Crippen LogP contribution < -0.4 is 0 Å². The summed E-state index contributed by atoms with van der Waals surface area (Å²) in [6.45, 7) is 4.28. The lowest BCUT2D eigenvalue weighted by Gasteiger charge is -2.34. The van der Waals surface area contributed by atoms with Gasteiger partial charge in [-0.05, 0) is 35.4 Å². The molecule has 0 spiro atoms. The van der Waals surface area contributed by atoms with Crippen molar-refractivity contribution in [2.45, 2.75) is 19.3 Å². The summed E-state index contributed by atoms with van der Waals surface area (Å²) in [5.41, 5.74) is 3.95. The molecule has 2 heteroatoms. The van der Waals surface area contributed by atoms with E-state index in [0.29, 0.717) is 0 Å². The molecule has 1 aliphatic carbocycles. The summed E-state index contributed by atoms with van der Waals surface area (Å²) >= 11 is 0. The first-order valence-corrected chi connectivity index (χ1v) is 5.72. The van der Waals surface area contributed by atoms with Gasteiger partial charge in [0.25, 0.3) is 0 Å². The second kappa shape index (κ2) is 3.27. The van der Waals surface area contributed by atoms with E-state index >= 15 is 0 Å². The molecule has 0 fully saturated rings. The van der Waals surface area contributed by atoms with E-state index in [0.717, 1.165) is 17.0 Å². The maximum absolute atomic E-state index is 11.5. The highest BCUT2D eigenvalue weighted by Crippen LogP contribution is 2.43. The smallest absolute Gasteiger partial charge is 0.179 e. The van der Waals surface area contributed by atoms with Gasteiger partial charge >= 0.3 is 0 Å². The minimum absolute atomic E-state index is 0.0476. The van der Waals surface area contributed by atoms with Gasteiger partial charge in [0.2, 0.25) is 0 Å². The summed E-state index contributed by atoms with van der Waals surface area (Å²) in [4.78, 5) is 16.1. The van der Waals surface area contributed by atoms with E-state index in [4.69, 9.17) is 0 Å². The van der Waals surface area contributed by atoms with Crippen LogP contribution in [0.4, 0.5) is 5.69 Å². The zero-order valence-electron chi connectivity index (χ0n) is 9.90. The molecule has 0 N–H and O–H groups in total. The Morgan fingerprint density at radius 2 is 1.88 bits per heavy atom. The van der Waals surface area contributed by atoms with Crippen LogP contribution in [-0.2, 0) is 10.2 Å². The SMILES string of the molecule is CC1(C)C2=CC(=O)C=CC2=Nc2ccccc21. The van der Waals surface area contributed by atoms with E-state index in [2.05, 4.69) is 24.9 Å². The predicted octanol–water partition coefficient (Wildman–Crippen LogP) is 3.12. The highest BCUT2D eigenvalue weighted by atomic mass is 16.1. The van der Waals surface area contributed by atoms with Crippen molar-refractivity contribution in [3.63, 3.8) is 0 Å². The molecule has 2 aliphatic rings. The van der Waals surface area contributed by atoms with Crippen molar-refractivity contribution in [1.29, 1.82) is 0 Å². The summed E-state index contributed by atoms with van der Waals surface area (Å²) in [6, 6.07) is 8.11. The van der Waals surface area contributed by atoms with Crippen molar-refractivity contribution in [3.8, 4) is 0 Å². The topological polar surface area (TPSA) is 29.4 Å². The Morgan fingerprint density at radius 1 is 1.12 bits per heavy atom. The van der Waals surface area contributed by atoms with Crippen LogP contribution in [0, 0.1) is 0 Å². The van der Waals surface area contributed by atoms with Crippen LogP contribution in [-0.4, -0.2) is 11.5 Å². The molecule has 0 atom stereocenters. The van der Waals surface area contributed by atoms with Crippen molar-refractivity contribution < 1.29 is 4.79 Å². The Bertz CT molecular complexity index is 603. The number of hydrogen-bond donors (Lipinski definition) is 0. The quantitative estimate of drug-likeness (QED) is 0.621. The minimum Gasteiger partial charge on any atom is -0.290 e. The molecule has 3 rings (SSSR count). The highest BCUT2D eigenvalue weighted by Gasteiger charge is 2.35. The van der Waals surface area contributed by atoms with Crippen molar-refractivity contribution in [3.05, 3.63) is 53.6 Å². The van der Waals surface area contributed by atoms with E-state index in [1.165, 1.54) is 5.56 Å². The van der Waals surface area contributed by atoms with Crippen LogP contribution in [0.3, 0.4) is 0 Å². The van der Waals surface area contributed by atoms with Crippen molar-refractivity contribution >= 4 is 17.2 Å². The van der Waals surface area contributed by atoms with Gasteiger partial charge in [-0.3, -0.25) is 4.79 Å². The number of nitrogens with zero attached hydrogens (tertiary/aromatic N) is 1. The van der Waals surface area contributed by atoms with E-state index in [9.17, 15) is 4.79 Å². The lowest BCUT2D eigenvalue weighted by atomic mass is 9.71. The van der Waals surface area contributed by atoms with Gasteiger partial charge in [0.15, 0.2) is 5.78 Å². The van der Waals surface area contributed by atoms with Crippen LogP contribution >= 0.6 is 0 Å². The second-order valence-electron chi connectivity index (χ2n) is 4.93. The van der Waals surface area contributed by atoms with Gasteiger partial charge in [-0.15, -0.1) is 0 Å². The molecule has 0 unspecified atom stereocenters. The minimum atomic E-state index is -0.159. The Morgan fingerprint density at radius 3 is 2.71 bits per heavy atom.